The number of nitro groups is 1. The lowest BCUT2D eigenvalue weighted by molar-refractivity contribution is -0.387. The van der Waals surface area contributed by atoms with Gasteiger partial charge in [-0.15, -0.1) is 0 Å². The first-order chi connectivity index (χ1) is 12.1. The highest BCUT2D eigenvalue weighted by molar-refractivity contribution is 7.99. The third-order valence-electron chi connectivity index (χ3n) is 3.65. The Morgan fingerprint density at radius 2 is 1.72 bits per heavy atom. The molecule has 0 amide bonds. The van der Waals surface area contributed by atoms with Gasteiger partial charge in [0.2, 0.25) is 5.82 Å². The van der Waals surface area contributed by atoms with Crippen LogP contribution in [0.2, 0.25) is 0 Å². The molecule has 0 N–H and O–H groups in total. The van der Waals surface area contributed by atoms with Crippen LogP contribution in [-0.4, -0.2) is 21.9 Å². The standard InChI is InChI=1S/C18H16N4O2S/c1-13-8-10-15(11-9-13)25-18-16(22(23)24)17(19-12-20-18)21(2)14-6-4-3-5-7-14/h3-12H,1-2H3. The molecule has 3 rings (SSSR count). The Hall–Kier alpha value is -2.93. The van der Waals surface area contributed by atoms with Gasteiger partial charge in [-0.1, -0.05) is 47.7 Å². The van der Waals surface area contributed by atoms with E-state index in [9.17, 15) is 10.1 Å². The lowest BCUT2D eigenvalue weighted by Crippen LogP contribution is -2.14. The normalized spacial score (nSPS) is 10.5. The van der Waals surface area contributed by atoms with Crippen molar-refractivity contribution < 1.29 is 4.92 Å². The number of aryl methyl sites for hydroxylation is 1. The molecule has 25 heavy (non-hydrogen) atoms. The Bertz CT molecular complexity index is 885. The van der Waals surface area contributed by atoms with Crippen LogP contribution in [0.1, 0.15) is 5.56 Å². The average Bonchev–Trinajstić information content (AvgIpc) is 2.63. The summed E-state index contributed by atoms with van der Waals surface area (Å²) in [5.74, 6) is 0.265. The molecule has 3 aromatic rings. The predicted molar refractivity (Wildman–Crippen MR) is 98.5 cm³/mol. The topological polar surface area (TPSA) is 72.2 Å². The first-order valence-corrected chi connectivity index (χ1v) is 8.40. The number of benzene rings is 2. The van der Waals surface area contributed by atoms with E-state index in [4.69, 9.17) is 0 Å². The Morgan fingerprint density at radius 1 is 1.04 bits per heavy atom. The zero-order chi connectivity index (χ0) is 17.8. The second-order valence-electron chi connectivity index (χ2n) is 5.42. The number of para-hydroxylation sites is 1. The van der Waals surface area contributed by atoms with Crippen molar-refractivity contribution in [2.24, 2.45) is 0 Å². The number of nitrogens with zero attached hydrogens (tertiary/aromatic N) is 4. The molecule has 1 aromatic heterocycles. The van der Waals surface area contributed by atoms with Gasteiger partial charge in [-0.2, -0.15) is 0 Å². The maximum absolute atomic E-state index is 11.7. The first-order valence-electron chi connectivity index (χ1n) is 7.59. The van der Waals surface area contributed by atoms with Gasteiger partial charge in [0.15, 0.2) is 5.03 Å². The van der Waals surface area contributed by atoms with Crippen LogP contribution in [0.4, 0.5) is 17.2 Å². The van der Waals surface area contributed by atoms with Gasteiger partial charge in [-0.3, -0.25) is 10.1 Å². The fraction of sp³-hybridized carbons (Fsp3) is 0.111. The van der Waals surface area contributed by atoms with E-state index in [0.717, 1.165) is 16.1 Å². The minimum Gasteiger partial charge on any atom is -0.324 e. The van der Waals surface area contributed by atoms with Crippen LogP contribution in [0.3, 0.4) is 0 Å². The van der Waals surface area contributed by atoms with Crippen molar-refractivity contribution in [3.05, 3.63) is 76.6 Å². The maximum Gasteiger partial charge on any atom is 0.344 e. The molecule has 0 saturated carbocycles. The van der Waals surface area contributed by atoms with Gasteiger partial charge in [0.25, 0.3) is 0 Å². The largest absolute Gasteiger partial charge is 0.344 e. The smallest absolute Gasteiger partial charge is 0.324 e. The quantitative estimate of drug-likeness (QED) is 0.379. The molecule has 0 radical (unpaired) electrons. The Balaban J connectivity index is 2.02. The van der Waals surface area contributed by atoms with Gasteiger partial charge in [0.1, 0.15) is 6.33 Å². The highest BCUT2D eigenvalue weighted by Crippen LogP contribution is 2.39. The fourth-order valence-corrected chi connectivity index (χ4v) is 3.18. The second kappa shape index (κ2) is 7.31. The van der Waals surface area contributed by atoms with E-state index in [2.05, 4.69) is 9.97 Å². The van der Waals surface area contributed by atoms with Crippen molar-refractivity contribution in [2.45, 2.75) is 16.8 Å². The van der Waals surface area contributed by atoms with Gasteiger partial charge >= 0.3 is 5.69 Å². The molecule has 0 aliphatic rings. The van der Waals surface area contributed by atoms with E-state index in [1.165, 1.54) is 18.1 Å². The number of hydrogen-bond donors (Lipinski definition) is 0. The zero-order valence-corrected chi connectivity index (χ0v) is 14.6. The summed E-state index contributed by atoms with van der Waals surface area (Å²) in [4.78, 5) is 22.2. The van der Waals surface area contributed by atoms with E-state index in [-0.39, 0.29) is 11.5 Å². The van der Waals surface area contributed by atoms with Crippen molar-refractivity contribution in [1.29, 1.82) is 0 Å². The van der Waals surface area contributed by atoms with Crippen LogP contribution < -0.4 is 4.90 Å². The molecule has 0 spiro atoms. The zero-order valence-electron chi connectivity index (χ0n) is 13.8. The van der Waals surface area contributed by atoms with Crippen molar-refractivity contribution in [2.75, 3.05) is 11.9 Å². The van der Waals surface area contributed by atoms with Crippen LogP contribution in [0.25, 0.3) is 0 Å². The average molecular weight is 352 g/mol. The second-order valence-corrected chi connectivity index (χ2v) is 6.48. The molecule has 2 aromatic carbocycles. The van der Waals surface area contributed by atoms with Crippen molar-refractivity contribution in [3.63, 3.8) is 0 Å². The number of rotatable bonds is 5. The van der Waals surface area contributed by atoms with Crippen LogP contribution in [0, 0.1) is 17.0 Å². The van der Waals surface area contributed by atoms with Gasteiger partial charge in [0, 0.05) is 17.6 Å². The first kappa shape index (κ1) is 16.9. The molecule has 0 unspecified atom stereocenters. The van der Waals surface area contributed by atoms with E-state index >= 15 is 0 Å². The van der Waals surface area contributed by atoms with Gasteiger partial charge in [-0.05, 0) is 31.2 Å². The highest BCUT2D eigenvalue weighted by Gasteiger charge is 2.26. The Morgan fingerprint density at radius 3 is 2.36 bits per heavy atom. The third kappa shape index (κ3) is 3.77. The number of aromatic nitrogens is 2. The Kier molecular flexibility index (Phi) is 4.95. The molecule has 0 aliphatic heterocycles. The predicted octanol–water partition coefficient (Wildman–Crippen LogP) is 4.61. The minimum absolute atomic E-state index is 0.0978. The summed E-state index contributed by atoms with van der Waals surface area (Å²) in [6, 6.07) is 17.2. The SMILES string of the molecule is Cc1ccc(Sc2ncnc(N(C)c3ccccc3)c2[N+](=O)[O-])cc1. The minimum atomic E-state index is -0.425. The third-order valence-corrected chi connectivity index (χ3v) is 4.65. The summed E-state index contributed by atoms with van der Waals surface area (Å²) < 4.78 is 0. The van der Waals surface area contributed by atoms with Crippen LogP contribution >= 0.6 is 11.8 Å². The molecule has 0 bridgehead atoms. The van der Waals surface area contributed by atoms with E-state index in [1.54, 1.807) is 11.9 Å². The number of anilines is 2. The molecule has 0 atom stereocenters. The Labute approximate surface area is 149 Å². The molecule has 0 aliphatic carbocycles. The fourth-order valence-electron chi connectivity index (χ4n) is 2.33. The van der Waals surface area contributed by atoms with Crippen LogP contribution in [0.5, 0.6) is 0 Å². The highest BCUT2D eigenvalue weighted by atomic mass is 32.2. The molecule has 126 valence electrons. The van der Waals surface area contributed by atoms with Gasteiger partial charge < -0.3 is 4.90 Å². The van der Waals surface area contributed by atoms with Crippen molar-refractivity contribution in [1.82, 2.24) is 9.97 Å². The van der Waals surface area contributed by atoms with E-state index in [0.29, 0.717) is 5.03 Å². The molecule has 7 heteroatoms. The molecule has 0 fully saturated rings. The van der Waals surface area contributed by atoms with E-state index in [1.807, 2.05) is 61.5 Å². The number of hydrogen-bond acceptors (Lipinski definition) is 6. The summed E-state index contributed by atoms with van der Waals surface area (Å²) in [5, 5.41) is 12.0. The maximum atomic E-state index is 11.7. The lowest BCUT2D eigenvalue weighted by atomic mass is 10.2. The van der Waals surface area contributed by atoms with Crippen molar-refractivity contribution in [3.8, 4) is 0 Å². The summed E-state index contributed by atoms with van der Waals surface area (Å²) in [6.45, 7) is 1.99. The molecular weight excluding hydrogens is 336 g/mol. The monoisotopic (exact) mass is 352 g/mol. The van der Waals surface area contributed by atoms with Crippen LogP contribution in [-0.2, 0) is 0 Å². The summed E-state index contributed by atoms with van der Waals surface area (Å²) in [5.41, 5.74) is 1.85. The van der Waals surface area contributed by atoms with Crippen LogP contribution in [0.15, 0.2) is 70.8 Å². The summed E-state index contributed by atoms with van der Waals surface area (Å²) >= 11 is 1.26. The van der Waals surface area contributed by atoms with Gasteiger partial charge in [0.05, 0.1) is 4.92 Å². The summed E-state index contributed by atoms with van der Waals surface area (Å²) in [7, 11) is 1.75. The molecule has 6 nitrogen and oxygen atoms in total. The molecule has 1 heterocycles. The lowest BCUT2D eigenvalue weighted by Gasteiger charge is -2.18. The van der Waals surface area contributed by atoms with Gasteiger partial charge in [-0.25, -0.2) is 9.97 Å². The van der Waals surface area contributed by atoms with E-state index < -0.39 is 4.92 Å². The molecular formula is C18H16N4O2S. The molecule has 0 saturated heterocycles. The summed E-state index contributed by atoms with van der Waals surface area (Å²) in [6.07, 6.45) is 1.36. The van der Waals surface area contributed by atoms with Crippen molar-refractivity contribution >= 4 is 29.0 Å².